The molecule has 6 nitrogen and oxygen atoms in total. The Labute approximate surface area is 183 Å². The first-order chi connectivity index (χ1) is 15.2. The van der Waals surface area contributed by atoms with E-state index in [4.69, 9.17) is 13.9 Å². The van der Waals surface area contributed by atoms with Crippen LogP contribution in [0.2, 0.25) is 0 Å². The van der Waals surface area contributed by atoms with E-state index in [0.29, 0.717) is 18.4 Å². The van der Waals surface area contributed by atoms with E-state index in [1.165, 1.54) is 36.0 Å². The third-order valence-corrected chi connectivity index (χ3v) is 7.67. The van der Waals surface area contributed by atoms with Crippen LogP contribution in [0.4, 0.5) is 0 Å². The summed E-state index contributed by atoms with van der Waals surface area (Å²) in [5.41, 5.74) is 3.84. The number of ether oxygens (including phenoxy) is 2. The van der Waals surface area contributed by atoms with Crippen LogP contribution in [0.1, 0.15) is 80.2 Å². The lowest BCUT2D eigenvalue weighted by Gasteiger charge is -2.47. The van der Waals surface area contributed by atoms with E-state index < -0.39 is 5.79 Å². The molecule has 1 aromatic heterocycles. The van der Waals surface area contributed by atoms with Crippen molar-refractivity contribution in [1.82, 2.24) is 15.1 Å². The number of aromatic nitrogens is 2. The number of nitrogens with zero attached hydrogens (tertiary/aromatic N) is 3. The molecule has 6 heteroatoms. The Morgan fingerprint density at radius 1 is 1.10 bits per heavy atom. The lowest BCUT2D eigenvalue weighted by atomic mass is 9.86. The molecule has 1 saturated heterocycles. The van der Waals surface area contributed by atoms with Crippen molar-refractivity contribution in [2.45, 2.75) is 82.6 Å². The summed E-state index contributed by atoms with van der Waals surface area (Å²) in [4.78, 5) is 2.64. The van der Waals surface area contributed by atoms with Crippen molar-refractivity contribution in [3.05, 3.63) is 47.2 Å². The number of hydrogen-bond donors (Lipinski definition) is 0. The van der Waals surface area contributed by atoms with Gasteiger partial charge in [-0.15, -0.1) is 10.2 Å². The van der Waals surface area contributed by atoms with Gasteiger partial charge >= 0.3 is 0 Å². The fraction of sp³-hybridized carbons (Fsp3) is 0.600. The van der Waals surface area contributed by atoms with Crippen LogP contribution in [0, 0.1) is 6.92 Å². The predicted molar refractivity (Wildman–Crippen MR) is 117 cm³/mol. The van der Waals surface area contributed by atoms with Gasteiger partial charge in [-0.3, -0.25) is 4.90 Å². The molecule has 0 radical (unpaired) electrons. The number of piperidine rings is 1. The Morgan fingerprint density at radius 2 is 1.97 bits per heavy atom. The highest BCUT2D eigenvalue weighted by Crippen LogP contribution is 2.41. The van der Waals surface area contributed by atoms with Crippen LogP contribution >= 0.6 is 0 Å². The van der Waals surface area contributed by atoms with Gasteiger partial charge in [0.15, 0.2) is 0 Å². The summed E-state index contributed by atoms with van der Waals surface area (Å²) >= 11 is 0. The van der Waals surface area contributed by atoms with E-state index in [-0.39, 0.29) is 0 Å². The maximum absolute atomic E-state index is 6.46. The Hall–Kier alpha value is -2.18. The molecule has 2 aromatic rings. The minimum atomic E-state index is -0.422. The van der Waals surface area contributed by atoms with Crippen LogP contribution in [-0.4, -0.2) is 40.0 Å². The fourth-order valence-corrected chi connectivity index (χ4v) is 5.46. The normalized spacial score (nSPS) is 26.1. The summed E-state index contributed by atoms with van der Waals surface area (Å²) in [6.45, 7) is 4.67. The first-order valence-electron chi connectivity index (χ1n) is 11.9. The quantitative estimate of drug-likeness (QED) is 0.696. The summed E-state index contributed by atoms with van der Waals surface area (Å²) in [6.07, 6.45) is 11.4. The molecule has 1 unspecified atom stereocenters. The third-order valence-electron chi connectivity index (χ3n) is 7.67. The zero-order valence-corrected chi connectivity index (χ0v) is 18.3. The summed E-state index contributed by atoms with van der Waals surface area (Å²) in [5.74, 6) is 2.33. The Kier molecular flexibility index (Phi) is 4.87. The molecular formula is C25H31N3O3. The highest BCUT2D eigenvalue weighted by atomic mass is 16.7. The number of aryl methyl sites for hydroxylation is 1. The molecule has 4 aliphatic rings. The van der Waals surface area contributed by atoms with E-state index in [1.807, 2.05) is 6.92 Å². The van der Waals surface area contributed by atoms with E-state index in [9.17, 15) is 0 Å². The molecule has 1 atom stereocenters. The third kappa shape index (κ3) is 3.70. The zero-order valence-electron chi connectivity index (χ0n) is 18.3. The number of rotatable bonds is 3. The molecule has 0 N–H and O–H groups in total. The zero-order chi connectivity index (χ0) is 20.8. The number of benzene rings is 1. The molecule has 1 spiro atoms. The maximum Gasteiger partial charge on any atom is 0.219 e. The monoisotopic (exact) mass is 421 g/mol. The second-order valence-electron chi connectivity index (χ2n) is 9.60. The highest BCUT2D eigenvalue weighted by molar-refractivity contribution is 5.68. The molecular weight excluding hydrogens is 390 g/mol. The van der Waals surface area contributed by atoms with E-state index in [1.54, 1.807) is 0 Å². The van der Waals surface area contributed by atoms with Crippen molar-refractivity contribution in [3.8, 4) is 5.75 Å². The fourth-order valence-electron chi connectivity index (χ4n) is 5.46. The minimum Gasteiger partial charge on any atom is -0.462 e. The van der Waals surface area contributed by atoms with Gasteiger partial charge in [0.2, 0.25) is 17.6 Å². The molecule has 1 aromatic carbocycles. The Balaban J connectivity index is 1.12. The molecule has 0 bridgehead atoms. The number of hydrogen-bond acceptors (Lipinski definition) is 6. The van der Waals surface area contributed by atoms with Crippen LogP contribution < -0.4 is 4.74 Å². The van der Waals surface area contributed by atoms with Crippen LogP contribution in [0.15, 0.2) is 28.7 Å². The van der Waals surface area contributed by atoms with Crippen LogP contribution in [0.25, 0.3) is 5.57 Å². The van der Waals surface area contributed by atoms with Crippen molar-refractivity contribution in [3.63, 3.8) is 0 Å². The first-order valence-corrected chi connectivity index (χ1v) is 11.9. The van der Waals surface area contributed by atoms with Crippen molar-refractivity contribution >= 4 is 5.57 Å². The van der Waals surface area contributed by atoms with Gasteiger partial charge < -0.3 is 13.9 Å². The maximum atomic E-state index is 6.46. The molecule has 2 aliphatic heterocycles. The van der Waals surface area contributed by atoms with E-state index >= 15 is 0 Å². The molecule has 2 aliphatic carbocycles. The van der Waals surface area contributed by atoms with Crippen LogP contribution in [-0.2, 0) is 11.3 Å². The lowest BCUT2D eigenvalue weighted by molar-refractivity contribution is -0.231. The minimum absolute atomic E-state index is 0.333. The Morgan fingerprint density at radius 3 is 2.65 bits per heavy atom. The second-order valence-corrected chi connectivity index (χ2v) is 9.60. The Bertz CT molecular complexity index is 986. The largest absolute Gasteiger partial charge is 0.462 e. The standard InChI is InChI=1S/C25H31N3O3/c1-17-26-27-24(30-17)19-7-5-18(6-8-19)20-9-10-23-21(15-20)16-29-25(31-23)11-13-28(14-12-25)22-3-2-4-22/h5,9-10,15,19,22H,2-4,6-8,11-14,16H2,1H3. The molecule has 2 fully saturated rings. The molecule has 1 saturated carbocycles. The smallest absolute Gasteiger partial charge is 0.219 e. The van der Waals surface area contributed by atoms with Crippen molar-refractivity contribution in [2.75, 3.05) is 13.1 Å². The van der Waals surface area contributed by atoms with Gasteiger partial charge in [-0.25, -0.2) is 0 Å². The number of likely N-dealkylation sites (tertiary alicyclic amines) is 1. The van der Waals surface area contributed by atoms with E-state index in [2.05, 4.69) is 39.4 Å². The van der Waals surface area contributed by atoms with Gasteiger partial charge in [-0.1, -0.05) is 18.6 Å². The summed E-state index contributed by atoms with van der Waals surface area (Å²) in [7, 11) is 0. The highest BCUT2D eigenvalue weighted by Gasteiger charge is 2.42. The molecule has 0 amide bonds. The molecule has 31 heavy (non-hydrogen) atoms. The average Bonchev–Trinajstić information content (AvgIpc) is 3.20. The van der Waals surface area contributed by atoms with Crippen molar-refractivity contribution in [1.29, 1.82) is 0 Å². The molecule has 164 valence electrons. The second kappa shape index (κ2) is 7.75. The van der Waals surface area contributed by atoms with E-state index in [0.717, 1.165) is 62.9 Å². The van der Waals surface area contributed by atoms with Gasteiger partial charge in [0.1, 0.15) is 5.75 Å². The number of allylic oxidation sites excluding steroid dienone is 2. The van der Waals surface area contributed by atoms with Crippen LogP contribution in [0.5, 0.6) is 5.75 Å². The first kappa shape index (κ1) is 19.5. The molecule has 6 rings (SSSR count). The van der Waals surface area contributed by atoms with Gasteiger partial charge in [0.05, 0.1) is 6.61 Å². The number of fused-ring (bicyclic) bond motifs is 1. The molecule has 3 heterocycles. The summed E-state index contributed by atoms with van der Waals surface area (Å²) in [5, 5.41) is 8.18. The van der Waals surface area contributed by atoms with Crippen molar-refractivity contribution in [2.24, 2.45) is 0 Å². The predicted octanol–water partition coefficient (Wildman–Crippen LogP) is 4.98. The SMILES string of the molecule is Cc1nnc(C2CC=C(c3ccc4c(c3)COC3(CCN(C5CCC5)CC3)O4)CC2)o1. The summed E-state index contributed by atoms with van der Waals surface area (Å²) < 4.78 is 18.4. The topological polar surface area (TPSA) is 60.6 Å². The van der Waals surface area contributed by atoms with Crippen molar-refractivity contribution < 1.29 is 13.9 Å². The van der Waals surface area contributed by atoms with Gasteiger partial charge in [-0.2, -0.15) is 0 Å². The van der Waals surface area contributed by atoms with Gasteiger partial charge in [-0.05, 0) is 55.4 Å². The van der Waals surface area contributed by atoms with Crippen LogP contribution in [0.3, 0.4) is 0 Å². The van der Waals surface area contributed by atoms with Gasteiger partial charge in [0.25, 0.3) is 0 Å². The summed E-state index contributed by atoms with van der Waals surface area (Å²) in [6, 6.07) is 7.43. The lowest BCUT2D eigenvalue weighted by Crippen LogP contribution is -2.54. The average molecular weight is 422 g/mol. The van der Waals surface area contributed by atoms with Gasteiger partial charge in [0, 0.05) is 50.4 Å².